The van der Waals surface area contributed by atoms with Gasteiger partial charge in [0.15, 0.2) is 0 Å². The second kappa shape index (κ2) is 3.34. The highest BCUT2D eigenvalue weighted by molar-refractivity contribution is 7.79. The first-order valence-corrected chi connectivity index (χ1v) is 4.67. The van der Waals surface area contributed by atoms with Gasteiger partial charge in [0.1, 0.15) is 5.82 Å². The van der Waals surface area contributed by atoms with Crippen LogP contribution in [0.4, 0.5) is 0 Å². The molecule has 2 aromatic rings. The number of aromatic nitrogens is 2. The van der Waals surface area contributed by atoms with Crippen LogP contribution in [0.15, 0.2) is 18.2 Å². The summed E-state index contributed by atoms with van der Waals surface area (Å²) < 4.78 is 0. The zero-order valence-electron chi connectivity index (χ0n) is 7.19. The Bertz CT molecular complexity index is 493. The Kier molecular flexibility index (Phi) is 2.17. The lowest BCUT2D eigenvalue weighted by atomic mass is 10.2. The van der Waals surface area contributed by atoms with Crippen molar-refractivity contribution in [1.29, 1.82) is 0 Å². The molecule has 0 aliphatic heterocycles. The number of carboxylic acids is 1. The summed E-state index contributed by atoms with van der Waals surface area (Å²) in [5.41, 5.74) is 1.75. The van der Waals surface area contributed by atoms with Crippen LogP contribution >= 0.6 is 12.6 Å². The molecule has 0 aliphatic rings. The molecule has 5 heteroatoms. The van der Waals surface area contributed by atoms with Crippen LogP contribution in [-0.2, 0) is 5.75 Å². The summed E-state index contributed by atoms with van der Waals surface area (Å²) >= 11 is 4.08. The minimum absolute atomic E-state index is 0.256. The number of benzene rings is 1. The quantitative estimate of drug-likeness (QED) is 0.658. The van der Waals surface area contributed by atoms with Crippen LogP contribution in [0.2, 0.25) is 0 Å². The summed E-state index contributed by atoms with van der Waals surface area (Å²) in [7, 11) is 0. The Morgan fingerprint density at radius 2 is 2.36 bits per heavy atom. The average molecular weight is 208 g/mol. The van der Waals surface area contributed by atoms with Crippen LogP contribution in [0.3, 0.4) is 0 Å². The van der Waals surface area contributed by atoms with E-state index >= 15 is 0 Å². The number of aromatic carboxylic acids is 1. The lowest BCUT2D eigenvalue weighted by Gasteiger charge is -1.92. The first-order valence-electron chi connectivity index (χ1n) is 4.03. The summed E-state index contributed by atoms with van der Waals surface area (Å²) in [4.78, 5) is 17.9. The van der Waals surface area contributed by atoms with Gasteiger partial charge in [-0.15, -0.1) is 0 Å². The number of rotatable bonds is 2. The van der Waals surface area contributed by atoms with E-state index < -0.39 is 5.97 Å². The predicted octanol–water partition coefficient (Wildman–Crippen LogP) is 1.69. The fraction of sp³-hybridized carbons (Fsp3) is 0.111. The molecular weight excluding hydrogens is 200 g/mol. The van der Waals surface area contributed by atoms with Crippen molar-refractivity contribution < 1.29 is 9.90 Å². The number of aromatic amines is 1. The maximum atomic E-state index is 10.7. The van der Waals surface area contributed by atoms with Crippen molar-refractivity contribution in [3.63, 3.8) is 0 Å². The molecule has 0 saturated heterocycles. The molecule has 1 aromatic carbocycles. The molecule has 0 unspecified atom stereocenters. The largest absolute Gasteiger partial charge is 0.478 e. The molecule has 4 nitrogen and oxygen atoms in total. The molecule has 0 radical (unpaired) electrons. The van der Waals surface area contributed by atoms with Crippen LogP contribution in [0, 0.1) is 0 Å². The number of hydrogen-bond acceptors (Lipinski definition) is 3. The van der Waals surface area contributed by atoms with Crippen LogP contribution < -0.4 is 0 Å². The van der Waals surface area contributed by atoms with Crippen molar-refractivity contribution in [2.24, 2.45) is 0 Å². The molecule has 0 saturated carbocycles. The van der Waals surface area contributed by atoms with Crippen molar-refractivity contribution in [2.45, 2.75) is 5.75 Å². The van der Waals surface area contributed by atoms with E-state index in [9.17, 15) is 4.79 Å². The molecule has 1 heterocycles. The summed E-state index contributed by atoms with van der Waals surface area (Å²) in [6.07, 6.45) is 0. The third-order valence-corrected chi connectivity index (χ3v) is 2.23. The lowest BCUT2D eigenvalue weighted by molar-refractivity contribution is 0.0697. The van der Waals surface area contributed by atoms with Gasteiger partial charge in [0.2, 0.25) is 0 Å². The molecule has 14 heavy (non-hydrogen) atoms. The van der Waals surface area contributed by atoms with Gasteiger partial charge < -0.3 is 10.1 Å². The van der Waals surface area contributed by atoms with Crippen molar-refractivity contribution >= 4 is 29.6 Å². The first kappa shape index (κ1) is 9.08. The van der Waals surface area contributed by atoms with E-state index in [-0.39, 0.29) is 5.56 Å². The molecule has 0 bridgehead atoms. The van der Waals surface area contributed by atoms with Crippen LogP contribution in [0.1, 0.15) is 16.2 Å². The van der Waals surface area contributed by atoms with Gasteiger partial charge in [0, 0.05) is 5.75 Å². The van der Waals surface area contributed by atoms with Crippen molar-refractivity contribution in [1.82, 2.24) is 9.97 Å². The number of fused-ring (bicyclic) bond motifs is 1. The summed E-state index contributed by atoms with van der Waals surface area (Å²) in [5.74, 6) is 0.316. The van der Waals surface area contributed by atoms with E-state index in [4.69, 9.17) is 5.11 Å². The third-order valence-electron chi connectivity index (χ3n) is 1.93. The topological polar surface area (TPSA) is 66.0 Å². The summed E-state index contributed by atoms with van der Waals surface area (Å²) in [5, 5.41) is 8.76. The molecule has 0 atom stereocenters. The summed E-state index contributed by atoms with van der Waals surface area (Å²) in [6.45, 7) is 0. The molecule has 1 aromatic heterocycles. The second-order valence-electron chi connectivity index (χ2n) is 2.88. The van der Waals surface area contributed by atoms with Crippen LogP contribution in [0.25, 0.3) is 11.0 Å². The fourth-order valence-corrected chi connectivity index (χ4v) is 1.42. The smallest absolute Gasteiger partial charge is 0.335 e. The van der Waals surface area contributed by atoms with Crippen LogP contribution in [0.5, 0.6) is 0 Å². The van der Waals surface area contributed by atoms with E-state index in [1.54, 1.807) is 12.1 Å². The van der Waals surface area contributed by atoms with Gasteiger partial charge in [-0.05, 0) is 18.2 Å². The third kappa shape index (κ3) is 1.46. The number of carboxylic acid groups (broad SMARTS) is 1. The molecule has 0 amide bonds. The number of thiol groups is 1. The number of nitrogens with zero attached hydrogens (tertiary/aromatic N) is 1. The SMILES string of the molecule is O=C(O)c1ccc2nc(CS)[nH]c2c1. The molecule has 0 aliphatic carbocycles. The van der Waals surface area contributed by atoms with E-state index in [1.807, 2.05) is 0 Å². The van der Waals surface area contributed by atoms with Crippen molar-refractivity contribution in [3.8, 4) is 0 Å². The van der Waals surface area contributed by atoms with E-state index in [0.717, 1.165) is 16.9 Å². The van der Waals surface area contributed by atoms with Gasteiger partial charge in [-0.25, -0.2) is 9.78 Å². The highest BCUT2D eigenvalue weighted by atomic mass is 32.1. The molecular formula is C9H8N2O2S. The summed E-state index contributed by atoms with van der Waals surface area (Å²) in [6, 6.07) is 4.79. The molecule has 72 valence electrons. The van der Waals surface area contributed by atoms with E-state index in [2.05, 4.69) is 22.6 Å². The van der Waals surface area contributed by atoms with Gasteiger partial charge in [-0.3, -0.25) is 0 Å². The molecule has 2 N–H and O–H groups in total. The van der Waals surface area contributed by atoms with Gasteiger partial charge in [-0.2, -0.15) is 12.6 Å². The standard InChI is InChI=1S/C9H8N2O2S/c12-9(13)5-1-2-6-7(3-5)11-8(4-14)10-6/h1-3,14H,4H2,(H,10,11)(H,12,13). The van der Waals surface area contributed by atoms with E-state index in [0.29, 0.717) is 5.75 Å². The minimum Gasteiger partial charge on any atom is -0.478 e. The zero-order valence-corrected chi connectivity index (χ0v) is 8.08. The second-order valence-corrected chi connectivity index (χ2v) is 3.19. The molecule has 2 rings (SSSR count). The Morgan fingerprint density at radius 1 is 1.57 bits per heavy atom. The Morgan fingerprint density at radius 3 is 3.00 bits per heavy atom. The lowest BCUT2D eigenvalue weighted by Crippen LogP contribution is -1.94. The zero-order chi connectivity index (χ0) is 10.1. The predicted molar refractivity (Wildman–Crippen MR) is 55.7 cm³/mol. The molecule has 0 spiro atoms. The van der Waals surface area contributed by atoms with Crippen LogP contribution in [-0.4, -0.2) is 21.0 Å². The fourth-order valence-electron chi connectivity index (χ4n) is 1.27. The maximum Gasteiger partial charge on any atom is 0.335 e. The van der Waals surface area contributed by atoms with Crippen molar-refractivity contribution in [3.05, 3.63) is 29.6 Å². The maximum absolute atomic E-state index is 10.7. The number of nitrogens with one attached hydrogen (secondary N) is 1. The normalized spacial score (nSPS) is 10.6. The Balaban J connectivity index is 2.59. The average Bonchev–Trinajstić information content (AvgIpc) is 2.58. The first-order chi connectivity index (χ1) is 6.70. The van der Waals surface area contributed by atoms with E-state index in [1.165, 1.54) is 6.07 Å². The van der Waals surface area contributed by atoms with Gasteiger partial charge >= 0.3 is 5.97 Å². The number of carbonyl (C=O) groups is 1. The Hall–Kier alpha value is -1.49. The van der Waals surface area contributed by atoms with Gasteiger partial charge in [-0.1, -0.05) is 0 Å². The number of H-pyrrole nitrogens is 1. The molecule has 0 fully saturated rings. The monoisotopic (exact) mass is 208 g/mol. The number of imidazole rings is 1. The highest BCUT2D eigenvalue weighted by Gasteiger charge is 2.06. The van der Waals surface area contributed by atoms with Gasteiger partial charge in [0.25, 0.3) is 0 Å². The Labute approximate surface area is 85.4 Å². The minimum atomic E-state index is -0.936. The highest BCUT2D eigenvalue weighted by Crippen LogP contribution is 2.14. The van der Waals surface area contributed by atoms with Gasteiger partial charge in [0.05, 0.1) is 16.6 Å². The van der Waals surface area contributed by atoms with Crippen molar-refractivity contribution in [2.75, 3.05) is 0 Å². The number of hydrogen-bond donors (Lipinski definition) is 3.